The van der Waals surface area contributed by atoms with Gasteiger partial charge in [-0.05, 0) is 0 Å². The van der Waals surface area contributed by atoms with Gasteiger partial charge in [0.05, 0.1) is 33.1 Å². The molecule has 0 spiro atoms. The normalized spacial score (nSPS) is 9.12. The van der Waals surface area contributed by atoms with E-state index in [1.807, 2.05) is 6.07 Å². The Bertz CT molecular complexity index is 399. The zero-order chi connectivity index (χ0) is 12.0. The predicted octanol–water partition coefficient (Wildman–Crippen LogP) is 1.65. The molecule has 0 aromatic heterocycles. The summed E-state index contributed by atoms with van der Waals surface area (Å²) in [6, 6.07) is 5.43. The van der Waals surface area contributed by atoms with Crippen LogP contribution < -0.4 is 19.5 Å². The third-order valence-corrected chi connectivity index (χ3v) is 2.06. The molecule has 16 heavy (non-hydrogen) atoms. The molecule has 0 atom stereocenters. The number of nitrogens with zero attached hydrogens (tertiary/aromatic N) is 1. The number of anilines is 1. The van der Waals surface area contributed by atoms with Gasteiger partial charge >= 0.3 is 0 Å². The molecule has 0 radical (unpaired) electrons. The van der Waals surface area contributed by atoms with Gasteiger partial charge in [-0.15, -0.1) is 0 Å². The Hall–Kier alpha value is -2.09. The SMILES string of the molecule is COc1cc(OC)c(OC)cc1NCC#N. The Kier molecular flexibility index (Phi) is 4.28. The Morgan fingerprint density at radius 3 is 2.12 bits per heavy atom. The van der Waals surface area contributed by atoms with Crippen LogP contribution in [-0.4, -0.2) is 27.9 Å². The largest absolute Gasteiger partial charge is 0.494 e. The van der Waals surface area contributed by atoms with Gasteiger partial charge in [0.25, 0.3) is 0 Å². The van der Waals surface area contributed by atoms with Gasteiger partial charge in [0.1, 0.15) is 12.3 Å². The zero-order valence-electron chi connectivity index (χ0n) is 9.53. The first-order chi connectivity index (χ1) is 7.76. The van der Waals surface area contributed by atoms with E-state index in [1.54, 1.807) is 33.5 Å². The lowest BCUT2D eigenvalue weighted by molar-refractivity contribution is 0.349. The van der Waals surface area contributed by atoms with Crippen molar-refractivity contribution < 1.29 is 14.2 Å². The van der Waals surface area contributed by atoms with Crippen LogP contribution >= 0.6 is 0 Å². The second-order valence-electron chi connectivity index (χ2n) is 2.92. The van der Waals surface area contributed by atoms with Crippen molar-refractivity contribution in [1.29, 1.82) is 5.26 Å². The van der Waals surface area contributed by atoms with Crippen molar-refractivity contribution in [3.8, 4) is 23.3 Å². The van der Waals surface area contributed by atoms with Crippen molar-refractivity contribution in [2.75, 3.05) is 33.2 Å². The van der Waals surface area contributed by atoms with E-state index in [0.717, 1.165) is 0 Å². The number of hydrogen-bond donors (Lipinski definition) is 1. The smallest absolute Gasteiger partial charge is 0.164 e. The highest BCUT2D eigenvalue weighted by atomic mass is 16.5. The molecule has 0 aliphatic carbocycles. The molecule has 1 aromatic carbocycles. The Balaban J connectivity index is 3.11. The monoisotopic (exact) mass is 222 g/mol. The van der Waals surface area contributed by atoms with E-state index in [4.69, 9.17) is 19.5 Å². The maximum Gasteiger partial charge on any atom is 0.164 e. The lowest BCUT2D eigenvalue weighted by Gasteiger charge is -2.14. The number of rotatable bonds is 5. The van der Waals surface area contributed by atoms with Gasteiger partial charge in [-0.2, -0.15) is 5.26 Å². The number of hydrogen-bond acceptors (Lipinski definition) is 5. The van der Waals surface area contributed by atoms with Gasteiger partial charge < -0.3 is 19.5 Å². The first kappa shape index (κ1) is 12.0. The van der Waals surface area contributed by atoms with Crippen LogP contribution in [-0.2, 0) is 0 Å². The molecular formula is C11H14N2O3. The third-order valence-electron chi connectivity index (χ3n) is 2.06. The van der Waals surface area contributed by atoms with E-state index < -0.39 is 0 Å². The topological polar surface area (TPSA) is 63.5 Å². The summed E-state index contributed by atoms with van der Waals surface area (Å²) in [6.07, 6.45) is 0. The zero-order valence-corrected chi connectivity index (χ0v) is 9.53. The quantitative estimate of drug-likeness (QED) is 0.767. The molecule has 0 saturated heterocycles. The molecule has 5 heteroatoms. The van der Waals surface area contributed by atoms with E-state index >= 15 is 0 Å². The molecular weight excluding hydrogens is 208 g/mol. The lowest BCUT2D eigenvalue weighted by Crippen LogP contribution is -2.02. The third kappa shape index (κ3) is 2.48. The fourth-order valence-corrected chi connectivity index (χ4v) is 1.30. The molecule has 1 rings (SSSR count). The highest BCUT2D eigenvalue weighted by Gasteiger charge is 2.10. The minimum atomic E-state index is 0.200. The van der Waals surface area contributed by atoms with Crippen LogP contribution in [0.15, 0.2) is 12.1 Å². The minimum absolute atomic E-state index is 0.200. The van der Waals surface area contributed by atoms with E-state index in [2.05, 4.69) is 5.32 Å². The van der Waals surface area contributed by atoms with Crippen molar-refractivity contribution in [3.63, 3.8) is 0 Å². The van der Waals surface area contributed by atoms with Crippen LogP contribution in [0.2, 0.25) is 0 Å². The first-order valence-electron chi connectivity index (χ1n) is 4.67. The van der Waals surface area contributed by atoms with Gasteiger partial charge in [-0.1, -0.05) is 0 Å². The van der Waals surface area contributed by atoms with Gasteiger partial charge in [-0.3, -0.25) is 0 Å². The average Bonchev–Trinajstić information content (AvgIpc) is 2.35. The Morgan fingerprint density at radius 2 is 1.62 bits per heavy atom. The van der Waals surface area contributed by atoms with E-state index in [1.165, 1.54) is 0 Å². The highest BCUT2D eigenvalue weighted by Crippen LogP contribution is 2.37. The molecule has 0 fully saturated rings. The van der Waals surface area contributed by atoms with E-state index in [-0.39, 0.29) is 6.54 Å². The van der Waals surface area contributed by atoms with Gasteiger partial charge in [0, 0.05) is 12.1 Å². The number of ether oxygens (including phenoxy) is 3. The van der Waals surface area contributed by atoms with E-state index in [0.29, 0.717) is 22.9 Å². The molecule has 0 bridgehead atoms. The van der Waals surface area contributed by atoms with Crippen LogP contribution in [0.1, 0.15) is 0 Å². The molecule has 0 aliphatic heterocycles. The van der Waals surface area contributed by atoms with Crippen LogP contribution in [0.25, 0.3) is 0 Å². The van der Waals surface area contributed by atoms with Gasteiger partial charge in [-0.25, -0.2) is 0 Å². The minimum Gasteiger partial charge on any atom is -0.494 e. The fourth-order valence-electron chi connectivity index (χ4n) is 1.30. The number of benzene rings is 1. The maximum atomic E-state index is 8.51. The maximum absolute atomic E-state index is 8.51. The van der Waals surface area contributed by atoms with Crippen molar-refractivity contribution in [1.82, 2.24) is 0 Å². The summed E-state index contributed by atoms with van der Waals surface area (Å²) >= 11 is 0. The second-order valence-corrected chi connectivity index (χ2v) is 2.92. The summed E-state index contributed by atoms with van der Waals surface area (Å²) in [6.45, 7) is 0.200. The van der Waals surface area contributed by atoms with Crippen molar-refractivity contribution in [2.45, 2.75) is 0 Å². The van der Waals surface area contributed by atoms with Crippen LogP contribution in [0.4, 0.5) is 5.69 Å². The highest BCUT2D eigenvalue weighted by molar-refractivity contribution is 5.64. The average molecular weight is 222 g/mol. The molecule has 0 unspecified atom stereocenters. The first-order valence-corrected chi connectivity index (χ1v) is 4.67. The standard InChI is InChI=1S/C11H14N2O3/c1-14-9-7-11(16-3)10(15-2)6-8(9)13-5-4-12/h6-7,13H,5H2,1-3H3. The summed E-state index contributed by atoms with van der Waals surface area (Å²) in [5.41, 5.74) is 0.696. The predicted molar refractivity (Wildman–Crippen MR) is 60.2 cm³/mol. The van der Waals surface area contributed by atoms with Crippen LogP contribution in [0.3, 0.4) is 0 Å². The van der Waals surface area contributed by atoms with E-state index in [9.17, 15) is 0 Å². The molecule has 0 saturated carbocycles. The fraction of sp³-hybridized carbons (Fsp3) is 0.364. The number of nitrogens with one attached hydrogen (secondary N) is 1. The summed E-state index contributed by atoms with van der Waals surface area (Å²) in [5.74, 6) is 1.78. The molecule has 1 aromatic rings. The molecule has 1 N–H and O–H groups in total. The molecule has 5 nitrogen and oxygen atoms in total. The second kappa shape index (κ2) is 5.71. The van der Waals surface area contributed by atoms with Gasteiger partial charge in [0.15, 0.2) is 11.5 Å². The number of methoxy groups -OCH3 is 3. The summed E-state index contributed by atoms with van der Waals surface area (Å²) in [4.78, 5) is 0. The Labute approximate surface area is 94.5 Å². The summed E-state index contributed by atoms with van der Waals surface area (Å²) < 4.78 is 15.5. The summed E-state index contributed by atoms with van der Waals surface area (Å²) in [7, 11) is 4.66. The molecule has 0 aliphatic rings. The molecule has 0 heterocycles. The van der Waals surface area contributed by atoms with Crippen molar-refractivity contribution in [3.05, 3.63) is 12.1 Å². The van der Waals surface area contributed by atoms with Crippen molar-refractivity contribution in [2.24, 2.45) is 0 Å². The number of nitriles is 1. The molecule has 0 amide bonds. The molecule has 86 valence electrons. The van der Waals surface area contributed by atoms with Crippen molar-refractivity contribution >= 4 is 5.69 Å². The van der Waals surface area contributed by atoms with Crippen LogP contribution in [0.5, 0.6) is 17.2 Å². The van der Waals surface area contributed by atoms with Gasteiger partial charge in [0.2, 0.25) is 0 Å². The Morgan fingerprint density at radius 1 is 1.06 bits per heavy atom. The lowest BCUT2D eigenvalue weighted by atomic mass is 10.2. The van der Waals surface area contributed by atoms with Crippen LogP contribution in [0, 0.1) is 11.3 Å². The summed E-state index contributed by atoms with van der Waals surface area (Å²) in [5, 5.41) is 11.4.